The van der Waals surface area contributed by atoms with Crippen LogP contribution in [-0.4, -0.2) is 15.8 Å². The molecule has 0 amide bonds. The van der Waals surface area contributed by atoms with Gasteiger partial charge in [0.2, 0.25) is 0 Å². The van der Waals surface area contributed by atoms with Gasteiger partial charge < -0.3 is 20.1 Å². The summed E-state index contributed by atoms with van der Waals surface area (Å²) in [6, 6.07) is 10.0. The molecule has 2 nitrogen and oxygen atoms in total. The Balaban J connectivity index is -0.000000388. The molecule has 1 fully saturated rings. The zero-order chi connectivity index (χ0) is 14.3. The Morgan fingerprint density at radius 1 is 0.909 bits per heavy atom. The van der Waals surface area contributed by atoms with Crippen molar-refractivity contribution in [3.8, 4) is 0 Å². The summed E-state index contributed by atoms with van der Waals surface area (Å²) in [7, 11) is 0. The summed E-state index contributed by atoms with van der Waals surface area (Å²) in [6.07, 6.45) is 7.50. The van der Waals surface area contributed by atoms with Crippen molar-refractivity contribution >= 4 is 0 Å². The summed E-state index contributed by atoms with van der Waals surface area (Å²) in [6.45, 7) is 7.98. The largest absolute Gasteiger partial charge is 3.00 e. The molecule has 0 heterocycles. The van der Waals surface area contributed by atoms with Crippen molar-refractivity contribution in [1.82, 2.24) is 5.06 Å². The number of nitrogens with zero attached hydrogens (tertiary/aromatic N) is 1. The van der Waals surface area contributed by atoms with Gasteiger partial charge in [-0.2, -0.15) is 5.06 Å². The second kappa shape index (κ2) is 13.3. The minimum Gasteiger partial charge on any atom is -0.358 e. The molecule has 22 heavy (non-hydrogen) atoms. The Kier molecular flexibility index (Phi) is 16.2. The summed E-state index contributed by atoms with van der Waals surface area (Å²) in [5, 5.41) is 11.3. The van der Waals surface area contributed by atoms with Gasteiger partial charge in [0.15, 0.2) is 0 Å². The Bertz CT molecular complexity index is 337. The molecular weight excluding hydrogens is 306 g/mol. The zero-order valence-corrected chi connectivity index (χ0v) is 17.0. The SMILES string of the molecule is C1CCCC1.CC(c1ccccc1)N(O)C(C)(C)C.[CH3-].[CH3-].[Ti+3]. The Morgan fingerprint density at radius 2 is 1.27 bits per heavy atom. The monoisotopic (exact) mass is 341 g/mol. The maximum atomic E-state index is 9.94. The van der Waals surface area contributed by atoms with Gasteiger partial charge in [0.1, 0.15) is 0 Å². The minimum atomic E-state index is -0.227. The third-order valence-corrected chi connectivity index (χ3v) is 3.59. The average molecular weight is 341 g/mol. The fourth-order valence-electron chi connectivity index (χ4n) is 2.34. The van der Waals surface area contributed by atoms with Gasteiger partial charge in [-0.15, -0.1) is 0 Å². The predicted molar refractivity (Wildman–Crippen MR) is 94.1 cm³/mol. The summed E-state index contributed by atoms with van der Waals surface area (Å²) in [5.41, 5.74) is 0.903. The third kappa shape index (κ3) is 9.79. The zero-order valence-electron chi connectivity index (χ0n) is 15.4. The number of hydroxylamine groups is 2. The molecule has 1 aromatic carbocycles. The number of rotatable bonds is 2. The molecule has 0 aromatic heterocycles. The molecule has 1 unspecified atom stereocenters. The van der Waals surface area contributed by atoms with Crippen molar-refractivity contribution in [3.05, 3.63) is 50.7 Å². The van der Waals surface area contributed by atoms with Crippen molar-refractivity contribution in [2.45, 2.75) is 71.4 Å². The Morgan fingerprint density at radius 3 is 1.59 bits per heavy atom. The molecule has 1 aliphatic carbocycles. The Labute approximate surface area is 154 Å². The first-order valence-electron chi connectivity index (χ1n) is 7.46. The molecule has 1 N–H and O–H groups in total. The molecular formula is C19H35NOTi+. The number of hydrogen-bond donors (Lipinski definition) is 1. The van der Waals surface area contributed by atoms with Gasteiger partial charge in [-0.3, -0.25) is 0 Å². The van der Waals surface area contributed by atoms with E-state index < -0.39 is 0 Å². The predicted octanol–water partition coefficient (Wildman–Crippen LogP) is 6.09. The summed E-state index contributed by atoms with van der Waals surface area (Å²) < 4.78 is 0. The van der Waals surface area contributed by atoms with Crippen LogP contribution in [0.15, 0.2) is 30.3 Å². The third-order valence-electron chi connectivity index (χ3n) is 3.59. The summed E-state index contributed by atoms with van der Waals surface area (Å²) >= 11 is 0. The molecule has 125 valence electrons. The van der Waals surface area contributed by atoms with E-state index in [1.807, 2.05) is 58.0 Å². The molecule has 0 bridgehead atoms. The Hall–Kier alpha value is -0.146. The van der Waals surface area contributed by atoms with E-state index in [2.05, 4.69) is 0 Å². The van der Waals surface area contributed by atoms with Crippen molar-refractivity contribution < 1.29 is 26.9 Å². The van der Waals surface area contributed by atoms with Gasteiger partial charge in [-0.1, -0.05) is 62.4 Å². The molecule has 2 rings (SSSR count). The van der Waals surface area contributed by atoms with E-state index in [9.17, 15) is 5.21 Å². The van der Waals surface area contributed by atoms with E-state index >= 15 is 0 Å². The quantitative estimate of drug-likeness (QED) is 0.400. The van der Waals surface area contributed by atoms with Gasteiger partial charge in [0, 0.05) is 5.54 Å². The molecule has 1 radical (unpaired) electrons. The molecule has 1 saturated carbocycles. The van der Waals surface area contributed by atoms with Crippen LogP contribution in [0.2, 0.25) is 0 Å². The van der Waals surface area contributed by atoms with E-state index in [-0.39, 0.29) is 48.2 Å². The first kappa shape index (κ1) is 26.7. The fraction of sp³-hybridized carbons (Fsp3) is 0.579. The fourth-order valence-corrected chi connectivity index (χ4v) is 2.34. The average Bonchev–Trinajstić information content (AvgIpc) is 2.96. The van der Waals surface area contributed by atoms with Gasteiger partial charge in [-0.05, 0) is 33.3 Å². The molecule has 0 saturated heterocycles. The molecule has 1 aliphatic rings. The second-order valence-corrected chi connectivity index (χ2v) is 6.37. The van der Waals surface area contributed by atoms with Crippen LogP contribution in [0.5, 0.6) is 0 Å². The van der Waals surface area contributed by atoms with E-state index in [4.69, 9.17) is 0 Å². The van der Waals surface area contributed by atoms with Gasteiger partial charge in [0.25, 0.3) is 0 Å². The number of benzene rings is 1. The molecule has 1 aromatic rings. The van der Waals surface area contributed by atoms with Crippen molar-refractivity contribution in [2.24, 2.45) is 0 Å². The summed E-state index contributed by atoms with van der Waals surface area (Å²) in [4.78, 5) is 0. The topological polar surface area (TPSA) is 23.5 Å². The van der Waals surface area contributed by atoms with Crippen LogP contribution >= 0.6 is 0 Å². The van der Waals surface area contributed by atoms with Crippen LogP contribution in [0, 0.1) is 14.9 Å². The van der Waals surface area contributed by atoms with Crippen molar-refractivity contribution in [3.63, 3.8) is 0 Å². The first-order chi connectivity index (χ1) is 8.93. The van der Waals surface area contributed by atoms with Crippen LogP contribution in [0.3, 0.4) is 0 Å². The van der Waals surface area contributed by atoms with Gasteiger partial charge in [0.05, 0.1) is 6.04 Å². The van der Waals surface area contributed by atoms with Crippen LogP contribution in [0.25, 0.3) is 0 Å². The molecule has 0 aliphatic heterocycles. The van der Waals surface area contributed by atoms with Crippen molar-refractivity contribution in [2.75, 3.05) is 0 Å². The van der Waals surface area contributed by atoms with E-state index in [0.717, 1.165) is 5.56 Å². The normalized spacial score (nSPS) is 14.6. The van der Waals surface area contributed by atoms with E-state index in [1.165, 1.54) is 37.2 Å². The van der Waals surface area contributed by atoms with E-state index in [0.29, 0.717) is 0 Å². The molecule has 3 heteroatoms. The maximum absolute atomic E-state index is 9.94. The van der Waals surface area contributed by atoms with Gasteiger partial charge in [-0.25, -0.2) is 0 Å². The van der Waals surface area contributed by atoms with Gasteiger partial charge >= 0.3 is 21.7 Å². The van der Waals surface area contributed by atoms with Crippen LogP contribution in [0.4, 0.5) is 0 Å². The second-order valence-electron chi connectivity index (χ2n) is 6.37. The van der Waals surface area contributed by atoms with Crippen LogP contribution in [-0.2, 0) is 21.7 Å². The van der Waals surface area contributed by atoms with Crippen molar-refractivity contribution in [1.29, 1.82) is 0 Å². The van der Waals surface area contributed by atoms with Crippen LogP contribution in [0.1, 0.15) is 71.4 Å². The smallest absolute Gasteiger partial charge is 0.358 e. The minimum absolute atomic E-state index is 0. The van der Waals surface area contributed by atoms with Crippen LogP contribution < -0.4 is 0 Å². The standard InChI is InChI=1S/C12H19NO.C5H10.2CH3.Ti/c1-10(13(14)12(2,3)4)11-8-6-5-7-9-11;1-2-4-5-3-1;;;/h5-10,14H,1-4H3;1-5H2;2*1H3;/q;;2*-1;+3. The number of hydrogen-bond acceptors (Lipinski definition) is 2. The molecule has 0 spiro atoms. The molecule has 1 atom stereocenters. The first-order valence-corrected chi connectivity index (χ1v) is 7.46. The van der Waals surface area contributed by atoms with E-state index in [1.54, 1.807) is 0 Å². The maximum Gasteiger partial charge on any atom is 3.00 e. The summed E-state index contributed by atoms with van der Waals surface area (Å²) in [5.74, 6) is 0.